The first-order valence-electron chi connectivity index (χ1n) is 10.8. The van der Waals surface area contributed by atoms with Crippen molar-refractivity contribution in [3.05, 3.63) is 69.7 Å². The Morgan fingerprint density at radius 3 is 2.55 bits per heavy atom. The SMILES string of the molecule is CCON=C(C)c1ccc(Cc2cc(C34OCC(CO)(O3)C(O)C(O)C4O)ccc2Cl)cc1. The lowest BCUT2D eigenvalue weighted by Gasteiger charge is -2.46. The van der Waals surface area contributed by atoms with Crippen LogP contribution < -0.4 is 0 Å². The molecule has 0 aromatic heterocycles. The molecule has 0 spiro atoms. The minimum Gasteiger partial charge on any atom is -0.396 e. The molecular weight excluding hydrogens is 450 g/mol. The molecular formula is C24H28ClNO7. The summed E-state index contributed by atoms with van der Waals surface area (Å²) in [5, 5.41) is 45.9. The van der Waals surface area contributed by atoms with E-state index < -0.39 is 36.3 Å². The fourth-order valence-electron chi connectivity index (χ4n) is 4.30. The highest BCUT2D eigenvalue weighted by Gasteiger charge is 2.67. The first-order chi connectivity index (χ1) is 15.8. The number of benzene rings is 2. The van der Waals surface area contributed by atoms with E-state index in [0.29, 0.717) is 23.6 Å². The fourth-order valence-corrected chi connectivity index (χ4v) is 4.48. The van der Waals surface area contributed by atoms with Crippen molar-refractivity contribution in [2.24, 2.45) is 5.16 Å². The van der Waals surface area contributed by atoms with Crippen LogP contribution in [-0.4, -0.2) is 69.9 Å². The molecule has 4 rings (SSSR count). The molecule has 2 aliphatic heterocycles. The molecule has 5 unspecified atom stereocenters. The third-order valence-corrected chi connectivity index (χ3v) is 6.64. The van der Waals surface area contributed by atoms with Crippen LogP contribution in [0.25, 0.3) is 0 Å². The molecule has 2 bridgehead atoms. The van der Waals surface area contributed by atoms with E-state index in [1.165, 1.54) is 0 Å². The van der Waals surface area contributed by atoms with Gasteiger partial charge in [0, 0.05) is 10.6 Å². The number of halogens is 1. The highest BCUT2D eigenvalue weighted by Crippen LogP contribution is 2.49. The average Bonchev–Trinajstić information content (AvgIpc) is 3.22. The lowest BCUT2D eigenvalue weighted by molar-refractivity contribution is -0.329. The van der Waals surface area contributed by atoms with Crippen LogP contribution in [0.3, 0.4) is 0 Å². The van der Waals surface area contributed by atoms with Gasteiger partial charge in [-0.05, 0) is 49.1 Å². The van der Waals surface area contributed by atoms with E-state index in [9.17, 15) is 20.4 Å². The molecule has 2 aromatic rings. The van der Waals surface area contributed by atoms with Crippen molar-refractivity contribution in [3.8, 4) is 0 Å². The number of aliphatic hydroxyl groups is 4. The van der Waals surface area contributed by atoms with Gasteiger partial charge in [-0.25, -0.2) is 0 Å². The van der Waals surface area contributed by atoms with Crippen LogP contribution in [-0.2, 0) is 26.5 Å². The molecule has 2 saturated heterocycles. The predicted molar refractivity (Wildman–Crippen MR) is 121 cm³/mol. The molecule has 8 nitrogen and oxygen atoms in total. The Kier molecular flexibility index (Phi) is 6.80. The zero-order valence-corrected chi connectivity index (χ0v) is 19.2. The minimum absolute atomic E-state index is 0.180. The molecule has 2 heterocycles. The number of oxime groups is 1. The van der Waals surface area contributed by atoms with Crippen molar-refractivity contribution in [1.82, 2.24) is 0 Å². The van der Waals surface area contributed by atoms with Gasteiger partial charge in [0.05, 0.1) is 18.9 Å². The van der Waals surface area contributed by atoms with E-state index in [1.807, 2.05) is 38.1 Å². The van der Waals surface area contributed by atoms with Crippen LogP contribution >= 0.6 is 11.6 Å². The van der Waals surface area contributed by atoms with Gasteiger partial charge in [-0.3, -0.25) is 0 Å². The van der Waals surface area contributed by atoms with Crippen molar-refractivity contribution in [1.29, 1.82) is 0 Å². The van der Waals surface area contributed by atoms with E-state index in [2.05, 4.69) is 5.16 Å². The minimum atomic E-state index is -1.72. The Balaban J connectivity index is 1.61. The van der Waals surface area contributed by atoms with Gasteiger partial charge in [0.25, 0.3) is 0 Å². The van der Waals surface area contributed by atoms with E-state index in [1.54, 1.807) is 18.2 Å². The topological polar surface area (TPSA) is 121 Å². The summed E-state index contributed by atoms with van der Waals surface area (Å²) in [6.45, 7) is 3.50. The number of nitrogens with zero attached hydrogens (tertiary/aromatic N) is 1. The van der Waals surface area contributed by atoms with Crippen LogP contribution in [0, 0.1) is 0 Å². The largest absolute Gasteiger partial charge is 0.396 e. The zero-order valence-electron chi connectivity index (χ0n) is 18.4. The molecule has 9 heteroatoms. The van der Waals surface area contributed by atoms with Gasteiger partial charge in [0.2, 0.25) is 5.79 Å². The highest BCUT2D eigenvalue weighted by atomic mass is 35.5. The third kappa shape index (κ3) is 4.17. The monoisotopic (exact) mass is 477 g/mol. The summed E-state index contributed by atoms with van der Waals surface area (Å²) in [6.07, 6.45) is -4.11. The van der Waals surface area contributed by atoms with Crippen LogP contribution in [0.5, 0.6) is 0 Å². The van der Waals surface area contributed by atoms with Crippen molar-refractivity contribution in [2.45, 2.75) is 50.0 Å². The molecule has 5 atom stereocenters. The molecule has 0 amide bonds. The Morgan fingerprint density at radius 1 is 1.15 bits per heavy atom. The molecule has 0 saturated carbocycles. The Morgan fingerprint density at radius 2 is 1.88 bits per heavy atom. The maximum atomic E-state index is 10.7. The van der Waals surface area contributed by atoms with Gasteiger partial charge >= 0.3 is 0 Å². The van der Waals surface area contributed by atoms with Crippen LogP contribution in [0.1, 0.15) is 36.1 Å². The molecule has 178 valence electrons. The lowest BCUT2D eigenvalue weighted by Crippen LogP contribution is -2.65. The second-order valence-electron chi connectivity index (χ2n) is 8.44. The molecule has 0 aliphatic carbocycles. The Bertz CT molecular complexity index is 1030. The van der Waals surface area contributed by atoms with Gasteiger partial charge in [0.15, 0.2) is 0 Å². The molecule has 0 radical (unpaired) electrons. The Hall–Kier alpha value is -2.04. The second-order valence-corrected chi connectivity index (χ2v) is 8.84. The van der Waals surface area contributed by atoms with Crippen molar-refractivity contribution >= 4 is 17.3 Å². The quantitative estimate of drug-likeness (QED) is 0.354. The number of hydrogen-bond acceptors (Lipinski definition) is 8. The number of rotatable bonds is 7. The molecule has 4 N–H and O–H groups in total. The molecule has 33 heavy (non-hydrogen) atoms. The van der Waals surface area contributed by atoms with Gasteiger partial charge in [0.1, 0.15) is 30.5 Å². The molecule has 2 aromatic carbocycles. The van der Waals surface area contributed by atoms with E-state index in [0.717, 1.165) is 22.4 Å². The highest BCUT2D eigenvalue weighted by molar-refractivity contribution is 6.31. The standard InChI is InChI=1S/C24H28ClNO7/c1-3-32-26-14(2)16-6-4-15(5-7-16)10-17-11-18(8-9-19(17)25)24-22(30)20(28)21(29)23(12-27,33-24)13-31-24/h4-9,11,20-22,27-30H,3,10,12-13H2,1-2H3. The van der Waals surface area contributed by atoms with E-state index in [4.69, 9.17) is 25.9 Å². The van der Waals surface area contributed by atoms with Crippen molar-refractivity contribution in [3.63, 3.8) is 0 Å². The van der Waals surface area contributed by atoms with Gasteiger partial charge in [-0.1, -0.05) is 47.1 Å². The average molecular weight is 478 g/mol. The first kappa shape index (κ1) is 24.1. The van der Waals surface area contributed by atoms with E-state index in [-0.39, 0.29) is 6.61 Å². The van der Waals surface area contributed by atoms with Gasteiger partial charge in [-0.15, -0.1) is 0 Å². The van der Waals surface area contributed by atoms with E-state index >= 15 is 0 Å². The zero-order chi connectivity index (χ0) is 23.8. The summed E-state index contributed by atoms with van der Waals surface area (Å²) in [5.41, 5.74) is 2.39. The summed E-state index contributed by atoms with van der Waals surface area (Å²) >= 11 is 6.46. The maximum absolute atomic E-state index is 10.7. The summed E-state index contributed by atoms with van der Waals surface area (Å²) in [6, 6.07) is 12.9. The molecule has 2 aliphatic rings. The van der Waals surface area contributed by atoms with Crippen LogP contribution in [0.15, 0.2) is 47.6 Å². The smallest absolute Gasteiger partial charge is 0.225 e. The first-order valence-corrected chi connectivity index (χ1v) is 11.2. The van der Waals surface area contributed by atoms with Gasteiger partial charge in [-0.2, -0.15) is 0 Å². The molecule has 2 fully saturated rings. The maximum Gasteiger partial charge on any atom is 0.225 e. The third-order valence-electron chi connectivity index (χ3n) is 6.27. The van der Waals surface area contributed by atoms with Crippen molar-refractivity contribution in [2.75, 3.05) is 19.8 Å². The second kappa shape index (κ2) is 9.31. The fraction of sp³-hybridized carbons (Fsp3) is 0.458. The number of fused-ring (bicyclic) bond motifs is 2. The number of aliphatic hydroxyl groups excluding tert-OH is 4. The summed E-state index contributed by atoms with van der Waals surface area (Å²) in [5.74, 6) is -1.72. The normalized spacial score (nSPS) is 31.6. The van der Waals surface area contributed by atoms with Crippen molar-refractivity contribution < 1.29 is 34.7 Å². The summed E-state index contributed by atoms with van der Waals surface area (Å²) in [4.78, 5) is 5.10. The van der Waals surface area contributed by atoms with Crippen LogP contribution in [0.2, 0.25) is 5.02 Å². The number of hydrogen-bond donors (Lipinski definition) is 4. The summed E-state index contributed by atoms with van der Waals surface area (Å²) in [7, 11) is 0. The van der Waals surface area contributed by atoms with Gasteiger partial charge < -0.3 is 34.7 Å². The summed E-state index contributed by atoms with van der Waals surface area (Å²) < 4.78 is 11.7. The van der Waals surface area contributed by atoms with Crippen LogP contribution in [0.4, 0.5) is 0 Å². The Labute approximate surface area is 197 Å². The lowest BCUT2D eigenvalue weighted by atomic mass is 9.83. The number of ether oxygens (including phenoxy) is 2. The predicted octanol–water partition coefficient (Wildman–Crippen LogP) is 1.72.